The Balaban J connectivity index is 2.76. The maximum absolute atomic E-state index is 12.1. The molecule has 0 heterocycles. The largest absolute Gasteiger partial charge is 0.320 e. The van der Waals surface area contributed by atoms with Crippen molar-refractivity contribution in [2.24, 2.45) is 0 Å². The van der Waals surface area contributed by atoms with Gasteiger partial charge in [-0.05, 0) is 44.3 Å². The van der Waals surface area contributed by atoms with Gasteiger partial charge < -0.3 is 5.32 Å². The van der Waals surface area contributed by atoms with Crippen LogP contribution in [0.1, 0.15) is 6.42 Å². The standard InChI is InChI=1S/C11H17BrN2O2S/c1-13-8-3-9-14(2)17(15,16)11-6-4-10(12)5-7-11/h4-7,13H,3,8-9H2,1-2H3. The normalized spacial score (nSPS) is 12.0. The molecular weight excluding hydrogens is 304 g/mol. The molecule has 0 aliphatic carbocycles. The quantitative estimate of drug-likeness (QED) is 0.811. The smallest absolute Gasteiger partial charge is 0.242 e. The van der Waals surface area contributed by atoms with E-state index in [1.165, 1.54) is 4.31 Å². The lowest BCUT2D eigenvalue weighted by atomic mass is 10.4. The number of rotatable bonds is 6. The lowest BCUT2D eigenvalue weighted by Crippen LogP contribution is -2.29. The van der Waals surface area contributed by atoms with Crippen molar-refractivity contribution in [3.63, 3.8) is 0 Å². The van der Waals surface area contributed by atoms with Gasteiger partial charge in [0.15, 0.2) is 0 Å². The van der Waals surface area contributed by atoms with Gasteiger partial charge in [0, 0.05) is 18.1 Å². The summed E-state index contributed by atoms with van der Waals surface area (Å²) in [4.78, 5) is 0.327. The van der Waals surface area contributed by atoms with Crippen LogP contribution in [0.25, 0.3) is 0 Å². The van der Waals surface area contributed by atoms with E-state index in [9.17, 15) is 8.42 Å². The highest BCUT2D eigenvalue weighted by Gasteiger charge is 2.19. The van der Waals surface area contributed by atoms with E-state index in [1.807, 2.05) is 7.05 Å². The van der Waals surface area contributed by atoms with Crippen molar-refractivity contribution in [2.45, 2.75) is 11.3 Å². The second kappa shape index (κ2) is 6.49. The number of hydrogen-bond acceptors (Lipinski definition) is 3. The van der Waals surface area contributed by atoms with E-state index in [0.29, 0.717) is 11.4 Å². The fraction of sp³-hybridized carbons (Fsp3) is 0.455. The Bertz CT molecular complexity index is 445. The van der Waals surface area contributed by atoms with Crippen LogP contribution in [-0.4, -0.2) is 39.9 Å². The predicted molar refractivity (Wildman–Crippen MR) is 72.5 cm³/mol. The van der Waals surface area contributed by atoms with Gasteiger partial charge in [-0.3, -0.25) is 0 Å². The van der Waals surface area contributed by atoms with Crippen LogP contribution in [0.2, 0.25) is 0 Å². The molecule has 4 nitrogen and oxygen atoms in total. The van der Waals surface area contributed by atoms with Gasteiger partial charge in [-0.1, -0.05) is 15.9 Å². The molecule has 1 aromatic rings. The minimum Gasteiger partial charge on any atom is -0.320 e. The first kappa shape index (κ1) is 14.6. The second-order valence-electron chi connectivity index (χ2n) is 3.74. The molecule has 0 aromatic heterocycles. The van der Waals surface area contributed by atoms with Crippen molar-refractivity contribution in [3.8, 4) is 0 Å². The summed E-state index contributed by atoms with van der Waals surface area (Å²) < 4.78 is 26.5. The fourth-order valence-electron chi connectivity index (χ4n) is 1.39. The highest BCUT2D eigenvalue weighted by atomic mass is 79.9. The number of sulfonamides is 1. The third kappa shape index (κ3) is 4.06. The number of halogens is 1. The van der Waals surface area contributed by atoms with Gasteiger partial charge in [0.2, 0.25) is 10.0 Å². The molecular formula is C11H17BrN2O2S. The molecule has 0 spiro atoms. The van der Waals surface area contributed by atoms with Crippen molar-refractivity contribution in [2.75, 3.05) is 27.2 Å². The molecule has 0 aliphatic heterocycles. The van der Waals surface area contributed by atoms with E-state index in [0.717, 1.165) is 17.4 Å². The summed E-state index contributed by atoms with van der Waals surface area (Å²) in [7, 11) is 0.103. The number of nitrogens with zero attached hydrogens (tertiary/aromatic N) is 1. The highest BCUT2D eigenvalue weighted by molar-refractivity contribution is 9.10. The van der Waals surface area contributed by atoms with Gasteiger partial charge >= 0.3 is 0 Å². The Morgan fingerprint density at radius 2 is 1.88 bits per heavy atom. The summed E-state index contributed by atoms with van der Waals surface area (Å²) in [6, 6.07) is 6.67. The Labute approximate surface area is 111 Å². The molecule has 0 amide bonds. The molecule has 0 bridgehead atoms. The zero-order valence-corrected chi connectivity index (χ0v) is 12.4. The average molecular weight is 321 g/mol. The Hall–Kier alpha value is -0.430. The van der Waals surface area contributed by atoms with Gasteiger partial charge in [-0.2, -0.15) is 0 Å². The first-order valence-corrected chi connectivity index (χ1v) is 7.58. The molecule has 1 N–H and O–H groups in total. The van der Waals surface area contributed by atoms with E-state index in [4.69, 9.17) is 0 Å². The topological polar surface area (TPSA) is 49.4 Å². The van der Waals surface area contributed by atoms with Crippen LogP contribution in [-0.2, 0) is 10.0 Å². The van der Waals surface area contributed by atoms with Gasteiger partial charge in [0.05, 0.1) is 4.90 Å². The summed E-state index contributed by atoms with van der Waals surface area (Å²) in [5, 5.41) is 2.99. The lowest BCUT2D eigenvalue weighted by molar-refractivity contribution is 0.458. The minimum atomic E-state index is -3.35. The third-order valence-electron chi connectivity index (χ3n) is 2.42. The summed E-state index contributed by atoms with van der Waals surface area (Å²) in [5.74, 6) is 0. The predicted octanol–water partition coefficient (Wildman–Crippen LogP) is 1.68. The third-order valence-corrected chi connectivity index (χ3v) is 4.82. The zero-order valence-electron chi connectivity index (χ0n) is 9.98. The Morgan fingerprint density at radius 1 is 1.29 bits per heavy atom. The molecule has 1 aromatic carbocycles. The number of hydrogen-bond donors (Lipinski definition) is 1. The summed E-state index contributed by atoms with van der Waals surface area (Å²) in [6.45, 7) is 1.32. The molecule has 0 atom stereocenters. The fourth-order valence-corrected chi connectivity index (χ4v) is 2.86. The molecule has 0 aliphatic rings. The molecule has 0 radical (unpaired) electrons. The van der Waals surface area contributed by atoms with E-state index in [-0.39, 0.29) is 0 Å². The van der Waals surface area contributed by atoms with Crippen LogP contribution in [0.15, 0.2) is 33.6 Å². The van der Waals surface area contributed by atoms with Crippen molar-refractivity contribution >= 4 is 26.0 Å². The lowest BCUT2D eigenvalue weighted by Gasteiger charge is -2.17. The molecule has 96 valence electrons. The number of benzene rings is 1. The van der Waals surface area contributed by atoms with Crippen LogP contribution in [0.3, 0.4) is 0 Å². The molecule has 0 saturated heterocycles. The Kier molecular flexibility index (Phi) is 5.58. The van der Waals surface area contributed by atoms with E-state index in [1.54, 1.807) is 31.3 Å². The molecule has 0 fully saturated rings. The molecule has 0 unspecified atom stereocenters. The number of nitrogens with one attached hydrogen (secondary N) is 1. The van der Waals surface area contributed by atoms with Crippen molar-refractivity contribution in [3.05, 3.63) is 28.7 Å². The van der Waals surface area contributed by atoms with Crippen molar-refractivity contribution in [1.82, 2.24) is 9.62 Å². The van der Waals surface area contributed by atoms with Crippen molar-refractivity contribution < 1.29 is 8.42 Å². The SMILES string of the molecule is CNCCCN(C)S(=O)(=O)c1ccc(Br)cc1. The van der Waals surface area contributed by atoms with E-state index >= 15 is 0 Å². The van der Waals surface area contributed by atoms with Crippen LogP contribution in [0.4, 0.5) is 0 Å². The first-order valence-electron chi connectivity index (χ1n) is 5.35. The van der Waals surface area contributed by atoms with E-state index in [2.05, 4.69) is 21.2 Å². The van der Waals surface area contributed by atoms with Crippen LogP contribution >= 0.6 is 15.9 Å². The van der Waals surface area contributed by atoms with Gasteiger partial charge in [-0.25, -0.2) is 12.7 Å². The minimum absolute atomic E-state index is 0.327. The van der Waals surface area contributed by atoms with E-state index < -0.39 is 10.0 Å². The maximum atomic E-state index is 12.1. The maximum Gasteiger partial charge on any atom is 0.242 e. The molecule has 6 heteroatoms. The van der Waals surface area contributed by atoms with Crippen molar-refractivity contribution in [1.29, 1.82) is 0 Å². The molecule has 0 saturated carbocycles. The van der Waals surface area contributed by atoms with Gasteiger partial charge in [0.25, 0.3) is 0 Å². The second-order valence-corrected chi connectivity index (χ2v) is 6.70. The summed E-state index contributed by atoms with van der Waals surface area (Å²) >= 11 is 3.28. The van der Waals surface area contributed by atoms with Gasteiger partial charge in [-0.15, -0.1) is 0 Å². The highest BCUT2D eigenvalue weighted by Crippen LogP contribution is 2.17. The average Bonchev–Trinajstić information content (AvgIpc) is 2.29. The zero-order chi connectivity index (χ0) is 12.9. The van der Waals surface area contributed by atoms with Gasteiger partial charge in [0.1, 0.15) is 0 Å². The molecule has 1 rings (SSSR count). The Morgan fingerprint density at radius 3 is 2.41 bits per heavy atom. The van der Waals surface area contributed by atoms with Crippen LogP contribution < -0.4 is 5.32 Å². The van der Waals surface area contributed by atoms with Crippen LogP contribution in [0, 0.1) is 0 Å². The summed E-state index contributed by atoms with van der Waals surface area (Å²) in [5.41, 5.74) is 0. The summed E-state index contributed by atoms with van der Waals surface area (Å²) in [6.07, 6.45) is 0.794. The molecule has 17 heavy (non-hydrogen) atoms. The first-order chi connectivity index (χ1) is 7.98. The monoisotopic (exact) mass is 320 g/mol. The van der Waals surface area contributed by atoms with Crippen LogP contribution in [0.5, 0.6) is 0 Å².